The minimum absolute atomic E-state index is 0.153. The molecule has 2 fully saturated rings. The molecular formula is C18H28N2O3S. The Morgan fingerprint density at radius 1 is 1.42 bits per heavy atom. The van der Waals surface area contributed by atoms with E-state index in [1.54, 1.807) is 7.11 Å². The van der Waals surface area contributed by atoms with Crippen LogP contribution in [0.4, 0.5) is 0 Å². The molecule has 1 aromatic heterocycles. The zero-order valence-electron chi connectivity index (χ0n) is 14.8. The van der Waals surface area contributed by atoms with Crippen molar-refractivity contribution in [3.8, 4) is 0 Å². The van der Waals surface area contributed by atoms with Crippen LogP contribution in [0.5, 0.6) is 0 Å². The Balaban J connectivity index is 1.79. The van der Waals surface area contributed by atoms with Gasteiger partial charge in [-0.15, -0.1) is 11.3 Å². The smallest absolute Gasteiger partial charge is 0.254 e. The fraction of sp³-hybridized carbons (Fsp3) is 0.778. The molecule has 2 aliphatic rings. The van der Waals surface area contributed by atoms with Crippen molar-refractivity contribution < 1.29 is 14.6 Å². The van der Waals surface area contributed by atoms with Gasteiger partial charge < -0.3 is 14.4 Å². The van der Waals surface area contributed by atoms with Crippen LogP contribution in [0, 0.1) is 30.6 Å². The molecule has 2 saturated carbocycles. The standard InChI is InChI=1S/C18H28N2O3S/c1-11-6-13-8-14(7-11)16(21)15(9-13)17(22)19-18-20(4-5-23-3)10-12(2)24-18/h10-11,13-16,21H,4-9H2,1-3H3. The highest BCUT2D eigenvalue weighted by Gasteiger charge is 2.43. The van der Waals surface area contributed by atoms with Crippen LogP contribution in [0.1, 0.15) is 37.5 Å². The summed E-state index contributed by atoms with van der Waals surface area (Å²) in [6.07, 6.45) is 5.54. The predicted molar refractivity (Wildman–Crippen MR) is 93.6 cm³/mol. The van der Waals surface area contributed by atoms with E-state index < -0.39 is 6.10 Å². The molecule has 1 heterocycles. The van der Waals surface area contributed by atoms with Crippen molar-refractivity contribution >= 4 is 17.2 Å². The molecule has 1 aromatic rings. The van der Waals surface area contributed by atoms with E-state index in [9.17, 15) is 9.90 Å². The first-order chi connectivity index (χ1) is 11.5. The summed E-state index contributed by atoms with van der Waals surface area (Å²) >= 11 is 1.52. The van der Waals surface area contributed by atoms with E-state index in [1.165, 1.54) is 17.8 Å². The number of carbonyl (C=O) groups excluding carboxylic acids is 1. The summed E-state index contributed by atoms with van der Waals surface area (Å²) in [5.74, 6) is 1.01. The highest BCUT2D eigenvalue weighted by molar-refractivity contribution is 7.09. The van der Waals surface area contributed by atoms with Gasteiger partial charge in [-0.05, 0) is 50.4 Å². The van der Waals surface area contributed by atoms with Crippen molar-refractivity contribution in [1.29, 1.82) is 0 Å². The number of nitrogens with zero attached hydrogens (tertiary/aromatic N) is 2. The monoisotopic (exact) mass is 352 g/mol. The summed E-state index contributed by atoms with van der Waals surface area (Å²) < 4.78 is 7.10. The van der Waals surface area contributed by atoms with Crippen LogP contribution < -0.4 is 4.80 Å². The summed E-state index contributed by atoms with van der Waals surface area (Å²) in [7, 11) is 1.67. The molecule has 134 valence electrons. The summed E-state index contributed by atoms with van der Waals surface area (Å²) in [4.78, 5) is 19.0. The maximum Gasteiger partial charge on any atom is 0.254 e. The molecule has 0 radical (unpaired) electrons. The molecule has 0 saturated heterocycles. The number of hydrogen-bond acceptors (Lipinski definition) is 4. The van der Waals surface area contributed by atoms with E-state index in [2.05, 4.69) is 11.9 Å². The average molecular weight is 353 g/mol. The molecular weight excluding hydrogens is 324 g/mol. The van der Waals surface area contributed by atoms with Crippen molar-refractivity contribution in [2.75, 3.05) is 13.7 Å². The van der Waals surface area contributed by atoms with E-state index in [-0.39, 0.29) is 17.7 Å². The number of aromatic nitrogens is 1. The molecule has 0 aromatic carbocycles. The van der Waals surface area contributed by atoms with Gasteiger partial charge in [-0.1, -0.05) is 6.92 Å². The van der Waals surface area contributed by atoms with Crippen LogP contribution in [0.3, 0.4) is 0 Å². The van der Waals surface area contributed by atoms with Crippen molar-refractivity contribution in [3.05, 3.63) is 15.9 Å². The van der Waals surface area contributed by atoms with Gasteiger partial charge >= 0.3 is 0 Å². The van der Waals surface area contributed by atoms with Crippen LogP contribution in [0.15, 0.2) is 11.2 Å². The van der Waals surface area contributed by atoms with Crippen molar-refractivity contribution in [3.63, 3.8) is 0 Å². The van der Waals surface area contributed by atoms with Crippen molar-refractivity contribution in [2.45, 2.75) is 52.2 Å². The summed E-state index contributed by atoms with van der Waals surface area (Å²) in [6.45, 7) is 5.54. The molecule has 3 rings (SSSR count). The van der Waals surface area contributed by atoms with Crippen molar-refractivity contribution in [1.82, 2.24) is 4.57 Å². The average Bonchev–Trinajstić information content (AvgIpc) is 2.87. The number of rotatable bonds is 4. The summed E-state index contributed by atoms with van der Waals surface area (Å²) in [5.41, 5.74) is 0. The Morgan fingerprint density at radius 3 is 2.96 bits per heavy atom. The van der Waals surface area contributed by atoms with Gasteiger partial charge in [-0.2, -0.15) is 4.99 Å². The SMILES string of the molecule is COCCn1cc(C)sc1=NC(=O)C1CC2CC(C)CC(C2)C1O. The van der Waals surface area contributed by atoms with Crippen LogP contribution in [-0.4, -0.2) is 35.4 Å². The lowest BCUT2D eigenvalue weighted by Crippen LogP contribution is -2.44. The first-order valence-corrected chi connectivity index (χ1v) is 9.72. The van der Waals surface area contributed by atoms with Gasteiger partial charge in [-0.3, -0.25) is 4.79 Å². The Hall–Kier alpha value is -0.980. The molecule has 0 spiro atoms. The molecule has 6 heteroatoms. The predicted octanol–water partition coefficient (Wildman–Crippen LogP) is 2.36. The lowest BCUT2D eigenvalue weighted by atomic mass is 9.63. The Bertz CT molecular complexity index is 649. The molecule has 0 aliphatic heterocycles. The van der Waals surface area contributed by atoms with Crippen LogP contribution in [0.2, 0.25) is 0 Å². The van der Waals surface area contributed by atoms with E-state index in [0.717, 1.165) is 24.1 Å². The van der Waals surface area contributed by atoms with E-state index in [1.807, 2.05) is 17.7 Å². The van der Waals surface area contributed by atoms with Gasteiger partial charge in [0, 0.05) is 24.7 Å². The minimum atomic E-state index is -0.534. The lowest BCUT2D eigenvalue weighted by molar-refractivity contribution is -0.132. The third-order valence-electron chi connectivity index (χ3n) is 5.45. The maximum atomic E-state index is 12.8. The number of amides is 1. The fourth-order valence-electron chi connectivity index (χ4n) is 4.47. The number of carbonyl (C=O) groups is 1. The Labute approximate surface area is 147 Å². The normalized spacial score (nSPS) is 33.7. The summed E-state index contributed by atoms with van der Waals surface area (Å²) in [5, 5.41) is 10.7. The number of thiazole rings is 1. The fourth-order valence-corrected chi connectivity index (χ4v) is 5.33. The number of aryl methyl sites for hydroxylation is 1. The lowest BCUT2D eigenvalue weighted by Gasteiger charge is -2.43. The van der Waals surface area contributed by atoms with Gasteiger partial charge in [0.05, 0.1) is 18.6 Å². The molecule has 24 heavy (non-hydrogen) atoms. The molecule has 2 aliphatic carbocycles. The van der Waals surface area contributed by atoms with Gasteiger partial charge in [-0.25, -0.2) is 0 Å². The van der Waals surface area contributed by atoms with E-state index >= 15 is 0 Å². The molecule has 5 nitrogen and oxygen atoms in total. The Kier molecular flexibility index (Phi) is 5.57. The van der Waals surface area contributed by atoms with Gasteiger partial charge in [0.15, 0.2) is 4.80 Å². The van der Waals surface area contributed by atoms with Crippen molar-refractivity contribution in [2.24, 2.45) is 28.7 Å². The minimum Gasteiger partial charge on any atom is -0.392 e. The quantitative estimate of drug-likeness (QED) is 0.905. The van der Waals surface area contributed by atoms with Gasteiger partial charge in [0.25, 0.3) is 5.91 Å². The zero-order chi connectivity index (χ0) is 17.3. The number of ether oxygens (including phenoxy) is 1. The topological polar surface area (TPSA) is 63.8 Å². The number of aliphatic hydroxyl groups excluding tert-OH is 1. The van der Waals surface area contributed by atoms with Crippen LogP contribution in [0.25, 0.3) is 0 Å². The van der Waals surface area contributed by atoms with E-state index in [0.29, 0.717) is 29.8 Å². The zero-order valence-corrected chi connectivity index (χ0v) is 15.6. The van der Waals surface area contributed by atoms with Crippen LogP contribution >= 0.6 is 11.3 Å². The molecule has 5 unspecified atom stereocenters. The first kappa shape index (κ1) is 17.8. The first-order valence-electron chi connectivity index (χ1n) is 8.90. The molecule has 1 amide bonds. The molecule has 5 atom stereocenters. The molecule has 1 N–H and O–H groups in total. The number of hydrogen-bond donors (Lipinski definition) is 1. The third-order valence-corrected chi connectivity index (χ3v) is 6.39. The number of methoxy groups -OCH3 is 1. The third kappa shape index (κ3) is 3.81. The van der Waals surface area contributed by atoms with E-state index in [4.69, 9.17) is 4.74 Å². The molecule has 2 bridgehead atoms. The highest BCUT2D eigenvalue weighted by atomic mass is 32.1. The second kappa shape index (κ2) is 7.50. The van der Waals surface area contributed by atoms with Gasteiger partial charge in [0.1, 0.15) is 0 Å². The largest absolute Gasteiger partial charge is 0.392 e. The second-order valence-corrected chi connectivity index (χ2v) is 8.75. The maximum absolute atomic E-state index is 12.8. The number of aliphatic hydroxyl groups is 1. The summed E-state index contributed by atoms with van der Waals surface area (Å²) in [6, 6.07) is 0. The number of fused-ring (bicyclic) bond motifs is 2. The van der Waals surface area contributed by atoms with Gasteiger partial charge in [0.2, 0.25) is 0 Å². The Morgan fingerprint density at radius 2 is 2.21 bits per heavy atom. The van der Waals surface area contributed by atoms with Crippen LogP contribution in [-0.2, 0) is 16.1 Å². The second-order valence-electron chi connectivity index (χ2n) is 7.53. The highest BCUT2D eigenvalue weighted by Crippen LogP contribution is 2.45.